The predicted molar refractivity (Wildman–Crippen MR) is 129 cm³/mol. The summed E-state index contributed by atoms with van der Waals surface area (Å²) in [4.78, 5) is 20.9. The number of halogens is 2. The standard InChI is InChI=1S/C25H15Cl2N3O3/c26-17-11-16(12-18(27)13-17)22-5-2-20(32-22)3-6-24(31)29-19-1-4-23-21(14-19)30-25(33-23)15-7-9-28-10-8-15/h1-14H,(H,29,31)/b6-3+. The van der Waals surface area contributed by atoms with E-state index in [1.165, 1.54) is 6.08 Å². The van der Waals surface area contributed by atoms with Crippen molar-refractivity contribution in [2.24, 2.45) is 0 Å². The minimum Gasteiger partial charge on any atom is -0.457 e. The normalized spacial score (nSPS) is 11.3. The Hall–Kier alpha value is -3.87. The first-order valence-electron chi connectivity index (χ1n) is 9.90. The van der Waals surface area contributed by atoms with E-state index in [-0.39, 0.29) is 5.91 Å². The van der Waals surface area contributed by atoms with Gasteiger partial charge in [-0.3, -0.25) is 9.78 Å². The van der Waals surface area contributed by atoms with Gasteiger partial charge in [0.1, 0.15) is 17.0 Å². The lowest BCUT2D eigenvalue weighted by molar-refractivity contribution is -0.111. The largest absolute Gasteiger partial charge is 0.457 e. The smallest absolute Gasteiger partial charge is 0.248 e. The summed E-state index contributed by atoms with van der Waals surface area (Å²) in [6.45, 7) is 0. The van der Waals surface area contributed by atoms with Gasteiger partial charge in [0.05, 0.1) is 0 Å². The maximum absolute atomic E-state index is 12.4. The molecule has 0 radical (unpaired) electrons. The maximum Gasteiger partial charge on any atom is 0.248 e. The summed E-state index contributed by atoms with van der Waals surface area (Å²) >= 11 is 12.1. The van der Waals surface area contributed by atoms with Crippen molar-refractivity contribution in [2.75, 3.05) is 5.32 Å². The first-order chi connectivity index (χ1) is 16.0. The Bertz CT molecular complexity index is 1470. The maximum atomic E-state index is 12.4. The SMILES string of the molecule is O=C(/C=C/c1ccc(-c2cc(Cl)cc(Cl)c2)o1)Nc1ccc2oc(-c3ccncc3)nc2c1. The van der Waals surface area contributed by atoms with Crippen LogP contribution in [0.3, 0.4) is 0 Å². The summed E-state index contributed by atoms with van der Waals surface area (Å²) in [7, 11) is 0. The minimum absolute atomic E-state index is 0.309. The van der Waals surface area contributed by atoms with Gasteiger partial charge >= 0.3 is 0 Å². The van der Waals surface area contributed by atoms with Crippen molar-refractivity contribution in [3.63, 3.8) is 0 Å². The predicted octanol–water partition coefficient (Wildman–Crippen LogP) is 7.11. The van der Waals surface area contributed by atoms with Gasteiger partial charge in [-0.1, -0.05) is 23.2 Å². The summed E-state index contributed by atoms with van der Waals surface area (Å²) in [5.41, 5.74) is 3.44. The highest BCUT2D eigenvalue weighted by Crippen LogP contribution is 2.29. The second-order valence-electron chi connectivity index (χ2n) is 7.12. The van der Waals surface area contributed by atoms with Gasteiger partial charge < -0.3 is 14.2 Å². The number of furan rings is 1. The number of nitrogens with one attached hydrogen (secondary N) is 1. The lowest BCUT2D eigenvalue weighted by atomic mass is 10.2. The molecule has 6 nitrogen and oxygen atoms in total. The fraction of sp³-hybridized carbons (Fsp3) is 0. The van der Waals surface area contributed by atoms with Crippen molar-refractivity contribution in [3.8, 4) is 22.8 Å². The zero-order valence-electron chi connectivity index (χ0n) is 17.0. The van der Waals surface area contributed by atoms with Crippen LogP contribution in [0, 0.1) is 0 Å². The van der Waals surface area contributed by atoms with Crippen molar-refractivity contribution < 1.29 is 13.6 Å². The van der Waals surface area contributed by atoms with Crippen LogP contribution in [0.4, 0.5) is 5.69 Å². The molecule has 3 aromatic heterocycles. The van der Waals surface area contributed by atoms with Gasteiger partial charge in [-0.15, -0.1) is 0 Å². The summed E-state index contributed by atoms with van der Waals surface area (Å²) < 4.78 is 11.6. The molecule has 0 atom stereocenters. The molecule has 8 heteroatoms. The lowest BCUT2D eigenvalue weighted by Gasteiger charge is -2.01. The number of anilines is 1. The molecule has 0 unspecified atom stereocenters. The Morgan fingerprint density at radius 3 is 2.45 bits per heavy atom. The molecular weight excluding hydrogens is 461 g/mol. The quantitative estimate of drug-likeness (QED) is 0.274. The number of hydrogen-bond acceptors (Lipinski definition) is 5. The van der Waals surface area contributed by atoms with E-state index >= 15 is 0 Å². The highest BCUT2D eigenvalue weighted by atomic mass is 35.5. The van der Waals surface area contributed by atoms with E-state index in [1.54, 1.807) is 67.0 Å². The molecule has 0 aliphatic carbocycles. The molecule has 0 saturated carbocycles. The van der Waals surface area contributed by atoms with Gasteiger partial charge in [0, 0.05) is 45.3 Å². The van der Waals surface area contributed by atoms with E-state index in [4.69, 9.17) is 32.0 Å². The van der Waals surface area contributed by atoms with Gasteiger partial charge in [0.15, 0.2) is 5.58 Å². The molecule has 2 aromatic carbocycles. The van der Waals surface area contributed by atoms with Crippen LogP contribution in [0.1, 0.15) is 5.76 Å². The van der Waals surface area contributed by atoms with E-state index in [0.29, 0.717) is 44.2 Å². The van der Waals surface area contributed by atoms with Gasteiger partial charge in [-0.05, 0) is 66.7 Å². The van der Waals surface area contributed by atoms with E-state index in [0.717, 1.165) is 11.1 Å². The first-order valence-corrected chi connectivity index (χ1v) is 10.7. The van der Waals surface area contributed by atoms with Crippen LogP contribution in [0.5, 0.6) is 0 Å². The van der Waals surface area contributed by atoms with Crippen molar-refractivity contribution in [3.05, 3.63) is 94.9 Å². The van der Waals surface area contributed by atoms with E-state index in [2.05, 4.69) is 15.3 Å². The molecule has 5 rings (SSSR count). The van der Waals surface area contributed by atoms with Gasteiger partial charge in [0.2, 0.25) is 11.8 Å². The molecule has 0 saturated heterocycles. The van der Waals surface area contributed by atoms with Gasteiger partial charge in [-0.2, -0.15) is 0 Å². The summed E-state index contributed by atoms with van der Waals surface area (Å²) in [6, 6.07) is 17.6. The number of carbonyl (C=O) groups is 1. The van der Waals surface area contributed by atoms with Crippen molar-refractivity contribution in [1.29, 1.82) is 0 Å². The first kappa shape index (κ1) is 21.0. The third kappa shape index (κ3) is 4.82. The number of rotatable bonds is 5. The Morgan fingerprint density at radius 1 is 0.879 bits per heavy atom. The number of amides is 1. The summed E-state index contributed by atoms with van der Waals surface area (Å²) in [5.74, 6) is 1.30. The molecule has 0 aliphatic heterocycles. The van der Waals surface area contributed by atoms with Crippen molar-refractivity contribution in [1.82, 2.24) is 9.97 Å². The number of aromatic nitrogens is 2. The average Bonchev–Trinajstić information content (AvgIpc) is 3.45. The molecule has 0 aliphatic rings. The molecule has 1 amide bonds. The second kappa shape index (κ2) is 8.94. The Balaban J connectivity index is 1.28. The molecule has 1 N–H and O–H groups in total. The fourth-order valence-corrected chi connectivity index (χ4v) is 3.78. The number of benzene rings is 2. The molecule has 162 valence electrons. The Morgan fingerprint density at radius 2 is 1.67 bits per heavy atom. The van der Waals surface area contributed by atoms with Crippen LogP contribution in [0.15, 0.2) is 88.0 Å². The monoisotopic (exact) mass is 475 g/mol. The highest BCUT2D eigenvalue weighted by molar-refractivity contribution is 6.35. The fourth-order valence-electron chi connectivity index (χ4n) is 3.26. The molecular formula is C25H15Cl2N3O3. The molecule has 0 bridgehead atoms. The van der Waals surface area contributed by atoms with E-state index in [1.807, 2.05) is 12.1 Å². The van der Waals surface area contributed by atoms with Crippen LogP contribution in [-0.4, -0.2) is 15.9 Å². The number of oxazole rings is 1. The number of pyridine rings is 1. The van der Waals surface area contributed by atoms with Crippen molar-refractivity contribution in [2.45, 2.75) is 0 Å². The number of hydrogen-bond donors (Lipinski definition) is 1. The second-order valence-corrected chi connectivity index (χ2v) is 7.99. The molecule has 0 fully saturated rings. The Kier molecular flexibility index (Phi) is 5.69. The van der Waals surface area contributed by atoms with Crippen LogP contribution in [0.2, 0.25) is 10.0 Å². The van der Waals surface area contributed by atoms with Gasteiger partial charge in [0.25, 0.3) is 0 Å². The van der Waals surface area contributed by atoms with Crippen LogP contribution >= 0.6 is 23.2 Å². The Labute approximate surface area is 198 Å². The topological polar surface area (TPSA) is 81.2 Å². The number of nitrogens with zero attached hydrogens (tertiary/aromatic N) is 2. The van der Waals surface area contributed by atoms with Gasteiger partial charge in [-0.25, -0.2) is 4.98 Å². The number of carbonyl (C=O) groups excluding carboxylic acids is 1. The van der Waals surface area contributed by atoms with Crippen LogP contribution in [0.25, 0.3) is 40.0 Å². The number of fused-ring (bicyclic) bond motifs is 1. The van der Waals surface area contributed by atoms with Crippen LogP contribution in [-0.2, 0) is 4.79 Å². The molecule has 5 aromatic rings. The zero-order chi connectivity index (χ0) is 22.8. The molecule has 3 heterocycles. The average molecular weight is 476 g/mol. The highest BCUT2D eigenvalue weighted by Gasteiger charge is 2.10. The zero-order valence-corrected chi connectivity index (χ0v) is 18.5. The lowest BCUT2D eigenvalue weighted by Crippen LogP contribution is -2.07. The third-order valence-corrected chi connectivity index (χ3v) is 5.19. The van der Waals surface area contributed by atoms with E-state index in [9.17, 15) is 4.79 Å². The summed E-state index contributed by atoms with van der Waals surface area (Å²) in [5, 5.41) is 3.84. The van der Waals surface area contributed by atoms with E-state index < -0.39 is 0 Å². The molecule has 0 spiro atoms. The van der Waals surface area contributed by atoms with Crippen LogP contribution < -0.4 is 5.32 Å². The summed E-state index contributed by atoms with van der Waals surface area (Å²) in [6.07, 6.45) is 6.33. The van der Waals surface area contributed by atoms with Crippen molar-refractivity contribution >= 4 is 52.0 Å². The minimum atomic E-state index is -0.309. The third-order valence-electron chi connectivity index (χ3n) is 4.76. The molecule has 33 heavy (non-hydrogen) atoms.